The van der Waals surface area contributed by atoms with E-state index in [1.54, 1.807) is 4.57 Å². The van der Waals surface area contributed by atoms with Crippen molar-refractivity contribution < 1.29 is 19.7 Å². The van der Waals surface area contributed by atoms with Gasteiger partial charge in [-0.3, -0.25) is 9.36 Å². The van der Waals surface area contributed by atoms with E-state index < -0.39 is 37.0 Å². The highest BCUT2D eigenvalue weighted by Crippen LogP contribution is 2.33. The number of fused-ring (bicyclic) bond motifs is 2. The topological polar surface area (TPSA) is 150 Å². The van der Waals surface area contributed by atoms with Crippen LogP contribution < -0.4 is 10.6 Å². The molecule has 0 radical (unpaired) electrons. The zero-order chi connectivity index (χ0) is 27.8. The van der Waals surface area contributed by atoms with Gasteiger partial charge in [-0.15, -0.1) is 0 Å². The molecule has 206 valence electrons. The molecule has 0 unspecified atom stereocenters. The molecule has 0 bridgehead atoms. The Kier molecular flexibility index (Phi) is 7.30. The first-order valence-corrected chi connectivity index (χ1v) is 13.4. The molecule has 3 aromatic heterocycles. The number of aliphatic hydroxyl groups is 2. The van der Waals surface area contributed by atoms with Crippen molar-refractivity contribution in [1.82, 2.24) is 29.8 Å². The molecular weight excluding hydrogens is 557 g/mol. The molecule has 5 N–H and O–H groups in total. The number of nitrogens with zero attached hydrogens (tertiary/aromatic N) is 4. The summed E-state index contributed by atoms with van der Waals surface area (Å²) in [5.74, 6) is 0.0225. The second kappa shape index (κ2) is 11.0. The number of hydrogen-bond donors (Lipinski definition) is 5. The highest BCUT2D eigenvalue weighted by atomic mass is 35.5. The van der Waals surface area contributed by atoms with E-state index in [0.717, 1.165) is 11.9 Å². The summed E-state index contributed by atoms with van der Waals surface area (Å²) >= 11 is 12.1. The van der Waals surface area contributed by atoms with Crippen LogP contribution in [0.5, 0.6) is 0 Å². The van der Waals surface area contributed by atoms with Crippen LogP contribution in [0.2, 0.25) is 10.0 Å². The molecule has 1 fully saturated rings. The average Bonchev–Trinajstić information content (AvgIpc) is 3.64. The van der Waals surface area contributed by atoms with Crippen LogP contribution in [-0.4, -0.2) is 72.0 Å². The maximum absolute atomic E-state index is 13.1. The van der Waals surface area contributed by atoms with Gasteiger partial charge in [-0.25, -0.2) is 15.0 Å². The lowest BCUT2D eigenvalue weighted by Gasteiger charge is -2.23. The highest BCUT2D eigenvalue weighted by molar-refractivity contribution is 6.35. The van der Waals surface area contributed by atoms with Gasteiger partial charge in [0.2, 0.25) is 0 Å². The third kappa shape index (κ3) is 4.98. The first-order chi connectivity index (χ1) is 19.4. The van der Waals surface area contributed by atoms with E-state index in [0.29, 0.717) is 33.6 Å². The molecule has 0 aliphatic carbocycles. The lowest BCUT2D eigenvalue weighted by atomic mass is 10.1. The van der Waals surface area contributed by atoms with Gasteiger partial charge >= 0.3 is 0 Å². The number of aliphatic hydroxyl groups excluding tert-OH is 2. The van der Waals surface area contributed by atoms with Crippen LogP contribution in [0.25, 0.3) is 22.1 Å². The largest absolute Gasteiger partial charge is 0.394 e. The average molecular weight is 582 g/mol. The lowest BCUT2D eigenvalue weighted by molar-refractivity contribution is -0.0440. The smallest absolute Gasteiger partial charge is 0.251 e. The van der Waals surface area contributed by atoms with E-state index in [2.05, 4.69) is 36.6 Å². The number of rotatable bonds is 8. The van der Waals surface area contributed by atoms with Gasteiger partial charge in [0, 0.05) is 39.3 Å². The second-order valence-corrected chi connectivity index (χ2v) is 10.4. The van der Waals surface area contributed by atoms with Gasteiger partial charge in [-0.2, -0.15) is 0 Å². The van der Waals surface area contributed by atoms with Crippen molar-refractivity contribution >= 4 is 57.0 Å². The number of halogens is 2. The molecule has 5 aromatic rings. The Balaban J connectivity index is 1.23. The number of amides is 1. The minimum atomic E-state index is -1.21. The molecule has 13 heteroatoms. The maximum Gasteiger partial charge on any atom is 0.251 e. The Bertz CT molecular complexity index is 1670. The summed E-state index contributed by atoms with van der Waals surface area (Å²) in [5.41, 5.74) is 3.42. The van der Waals surface area contributed by atoms with Gasteiger partial charge in [0.25, 0.3) is 5.91 Å². The fraction of sp³-hybridized carbons (Fsp3) is 0.259. The summed E-state index contributed by atoms with van der Waals surface area (Å²) < 4.78 is 7.56. The highest BCUT2D eigenvalue weighted by Gasteiger charge is 2.46. The Morgan fingerprint density at radius 2 is 1.93 bits per heavy atom. The van der Waals surface area contributed by atoms with Gasteiger partial charge in [-0.05, 0) is 36.2 Å². The molecule has 6 rings (SSSR count). The van der Waals surface area contributed by atoms with E-state index in [4.69, 9.17) is 27.9 Å². The monoisotopic (exact) mass is 581 g/mol. The van der Waals surface area contributed by atoms with Crippen LogP contribution in [0, 0.1) is 0 Å². The number of carbonyl (C=O) groups excluding carboxylic acids is 1. The van der Waals surface area contributed by atoms with Crippen LogP contribution >= 0.6 is 23.2 Å². The minimum Gasteiger partial charge on any atom is -0.394 e. The molecule has 0 saturated carbocycles. The van der Waals surface area contributed by atoms with Crippen molar-refractivity contribution in [2.45, 2.75) is 30.9 Å². The summed E-state index contributed by atoms with van der Waals surface area (Å²) in [5, 5.41) is 28.6. The van der Waals surface area contributed by atoms with Crippen molar-refractivity contribution in [2.24, 2.45) is 0 Å². The molecule has 1 aliphatic rings. The van der Waals surface area contributed by atoms with Gasteiger partial charge < -0.3 is 30.6 Å². The van der Waals surface area contributed by atoms with Crippen LogP contribution in [0.15, 0.2) is 61.3 Å². The number of aromatic amines is 1. The number of para-hydroxylation sites is 1. The van der Waals surface area contributed by atoms with Gasteiger partial charge in [0.15, 0.2) is 23.2 Å². The predicted molar refractivity (Wildman–Crippen MR) is 151 cm³/mol. The van der Waals surface area contributed by atoms with Crippen molar-refractivity contribution in [3.05, 3.63) is 82.5 Å². The Morgan fingerprint density at radius 3 is 2.73 bits per heavy atom. The van der Waals surface area contributed by atoms with Gasteiger partial charge in [-0.1, -0.05) is 41.4 Å². The standard InChI is InChI=1S/C27H25Cl2N7O4/c28-16-7-15(8-17(29)9-16)26(39)35-21-23(38)20(11-37)40-27(21)36-13-34-22-24(32-12-33-25(22)36)30-6-5-14-10-31-19-4-2-1-3-18(14)19/h1-4,7-10,12-13,20-21,23,27,31,37-38H,5-6,11H2,(H,35,39)(H,30,32,33)/t20-,21-,23-,27-/m1/s1. The third-order valence-corrected chi connectivity index (χ3v) is 7.40. The summed E-state index contributed by atoms with van der Waals surface area (Å²) in [6.07, 6.45) is 2.62. The minimum absolute atomic E-state index is 0.218. The van der Waals surface area contributed by atoms with Crippen molar-refractivity contribution in [3.8, 4) is 0 Å². The summed E-state index contributed by atoms with van der Waals surface area (Å²) in [6, 6.07) is 11.6. The number of nitrogens with one attached hydrogen (secondary N) is 3. The van der Waals surface area contributed by atoms with Crippen LogP contribution in [0.3, 0.4) is 0 Å². The normalized spacial score (nSPS) is 20.8. The quantitative estimate of drug-likeness (QED) is 0.187. The molecule has 1 saturated heterocycles. The summed E-state index contributed by atoms with van der Waals surface area (Å²) in [4.78, 5) is 29.6. The van der Waals surface area contributed by atoms with E-state index >= 15 is 0 Å². The zero-order valence-electron chi connectivity index (χ0n) is 21.0. The number of carbonyl (C=O) groups is 1. The van der Waals surface area contributed by atoms with Crippen molar-refractivity contribution in [3.63, 3.8) is 0 Å². The molecule has 0 spiro atoms. The lowest BCUT2D eigenvalue weighted by Crippen LogP contribution is -2.46. The molecular formula is C27H25Cl2N7O4. The number of benzene rings is 2. The Hall–Kier alpha value is -3.74. The van der Waals surface area contributed by atoms with E-state index in [1.165, 1.54) is 41.8 Å². The summed E-state index contributed by atoms with van der Waals surface area (Å²) in [6.45, 7) is 0.155. The van der Waals surface area contributed by atoms with E-state index in [-0.39, 0.29) is 5.56 Å². The SMILES string of the molecule is O=C(N[C@@H]1[C@H](O)[C@@H](CO)O[C@H]1n1cnc2c(NCCc3c[nH]c4ccccc34)ncnc21)c1cc(Cl)cc(Cl)c1. The fourth-order valence-corrected chi connectivity index (χ4v) is 5.56. The molecule has 1 amide bonds. The predicted octanol–water partition coefficient (Wildman–Crippen LogP) is 3.32. The van der Waals surface area contributed by atoms with Gasteiger partial charge in [0.1, 0.15) is 24.6 Å². The molecule has 1 aliphatic heterocycles. The van der Waals surface area contributed by atoms with Crippen molar-refractivity contribution in [2.75, 3.05) is 18.5 Å². The zero-order valence-corrected chi connectivity index (χ0v) is 22.5. The van der Waals surface area contributed by atoms with Gasteiger partial charge in [0.05, 0.1) is 12.9 Å². The maximum atomic E-state index is 13.1. The van der Waals surface area contributed by atoms with E-state index in [9.17, 15) is 15.0 Å². The Morgan fingerprint density at radius 1 is 1.12 bits per heavy atom. The van der Waals surface area contributed by atoms with Crippen LogP contribution in [0.4, 0.5) is 5.82 Å². The first kappa shape index (κ1) is 26.5. The number of anilines is 1. The van der Waals surface area contributed by atoms with Crippen LogP contribution in [-0.2, 0) is 11.2 Å². The van der Waals surface area contributed by atoms with E-state index in [1.807, 2.05) is 24.4 Å². The third-order valence-electron chi connectivity index (χ3n) is 6.97. The van der Waals surface area contributed by atoms with Crippen molar-refractivity contribution in [1.29, 1.82) is 0 Å². The second-order valence-electron chi connectivity index (χ2n) is 9.48. The summed E-state index contributed by atoms with van der Waals surface area (Å²) in [7, 11) is 0. The number of hydrogen-bond acceptors (Lipinski definition) is 8. The fourth-order valence-electron chi connectivity index (χ4n) is 5.03. The number of aromatic nitrogens is 5. The van der Waals surface area contributed by atoms with Crippen LogP contribution in [0.1, 0.15) is 22.1 Å². The number of imidazole rings is 1. The Labute approximate surface area is 238 Å². The molecule has 4 heterocycles. The molecule has 40 heavy (non-hydrogen) atoms. The molecule has 4 atom stereocenters. The number of H-pyrrole nitrogens is 1. The molecule has 11 nitrogen and oxygen atoms in total. The first-order valence-electron chi connectivity index (χ1n) is 12.6. The molecule has 2 aromatic carbocycles. The number of ether oxygens (including phenoxy) is 1.